The molecule has 0 bridgehead atoms. The Bertz CT molecular complexity index is 759. The summed E-state index contributed by atoms with van der Waals surface area (Å²) in [5, 5.41) is 8.98. The fourth-order valence-corrected chi connectivity index (χ4v) is 2.38. The minimum absolute atomic E-state index is 0.257. The van der Waals surface area contributed by atoms with Crippen LogP contribution in [-0.2, 0) is 16.0 Å². The van der Waals surface area contributed by atoms with Crippen molar-refractivity contribution in [3.8, 4) is 17.2 Å². The first-order chi connectivity index (χ1) is 13.8. The van der Waals surface area contributed by atoms with Gasteiger partial charge >= 0.3 is 12.3 Å². The highest BCUT2D eigenvalue weighted by atomic mass is 19.4. The van der Waals surface area contributed by atoms with Gasteiger partial charge in [0.25, 0.3) is 0 Å². The monoisotopic (exact) mass is 414 g/mol. The zero-order valence-electron chi connectivity index (χ0n) is 15.6. The number of alkyl halides is 3. The van der Waals surface area contributed by atoms with E-state index in [2.05, 4.69) is 4.74 Å². The highest BCUT2D eigenvalue weighted by Crippen LogP contribution is 2.24. The maximum atomic E-state index is 12.1. The van der Waals surface area contributed by atoms with E-state index in [4.69, 9.17) is 19.3 Å². The van der Waals surface area contributed by atoms with Crippen LogP contribution in [-0.4, -0.2) is 43.9 Å². The summed E-state index contributed by atoms with van der Waals surface area (Å²) in [7, 11) is 1.35. The van der Waals surface area contributed by atoms with Crippen LogP contribution in [0.15, 0.2) is 48.5 Å². The Morgan fingerprint density at radius 2 is 1.41 bits per heavy atom. The van der Waals surface area contributed by atoms with Crippen molar-refractivity contribution >= 4 is 5.97 Å². The molecule has 9 heteroatoms. The highest BCUT2D eigenvalue weighted by Gasteiger charge is 2.30. The average molecular weight is 414 g/mol. The van der Waals surface area contributed by atoms with Crippen molar-refractivity contribution in [1.29, 1.82) is 0 Å². The van der Waals surface area contributed by atoms with Crippen molar-refractivity contribution < 1.29 is 42.0 Å². The van der Waals surface area contributed by atoms with Gasteiger partial charge in [-0.15, -0.1) is 13.2 Å². The van der Waals surface area contributed by atoms with Gasteiger partial charge in [-0.1, -0.05) is 12.1 Å². The molecule has 0 saturated heterocycles. The molecule has 2 aromatic carbocycles. The van der Waals surface area contributed by atoms with E-state index in [0.29, 0.717) is 31.1 Å². The second-order valence-electron chi connectivity index (χ2n) is 5.98. The molecular formula is C20H21F3O6. The molecule has 1 atom stereocenters. The van der Waals surface area contributed by atoms with Crippen molar-refractivity contribution in [2.24, 2.45) is 0 Å². The first-order valence-corrected chi connectivity index (χ1v) is 8.73. The Morgan fingerprint density at radius 1 is 0.931 bits per heavy atom. The zero-order chi connectivity index (χ0) is 21.3. The van der Waals surface area contributed by atoms with Gasteiger partial charge in [0.05, 0.1) is 13.2 Å². The highest BCUT2D eigenvalue weighted by molar-refractivity contribution is 5.72. The molecule has 6 nitrogen and oxygen atoms in total. The van der Waals surface area contributed by atoms with Gasteiger partial charge in [0.1, 0.15) is 17.2 Å². The summed E-state index contributed by atoms with van der Waals surface area (Å²) in [4.78, 5) is 11.0. The van der Waals surface area contributed by atoms with Crippen LogP contribution in [0.5, 0.6) is 17.2 Å². The predicted octanol–water partition coefficient (Wildman–Crippen LogP) is 4.08. The molecule has 0 aromatic heterocycles. The van der Waals surface area contributed by atoms with Gasteiger partial charge < -0.3 is 24.1 Å². The van der Waals surface area contributed by atoms with Crippen molar-refractivity contribution in [1.82, 2.24) is 0 Å². The number of methoxy groups -OCH3 is 1. The number of aliphatic carboxylic acids is 1. The molecule has 2 aromatic rings. The van der Waals surface area contributed by atoms with Crippen LogP contribution >= 0.6 is 0 Å². The van der Waals surface area contributed by atoms with E-state index in [-0.39, 0.29) is 12.2 Å². The molecule has 0 spiro atoms. The fraction of sp³-hybridized carbons (Fsp3) is 0.350. The maximum Gasteiger partial charge on any atom is 0.573 e. The van der Waals surface area contributed by atoms with Gasteiger partial charge in [-0.2, -0.15) is 0 Å². The van der Waals surface area contributed by atoms with Crippen LogP contribution in [0.1, 0.15) is 12.0 Å². The van der Waals surface area contributed by atoms with Gasteiger partial charge in [0.2, 0.25) is 0 Å². The number of hydrogen-bond donors (Lipinski definition) is 1. The molecule has 2 rings (SSSR count). The number of carbonyl (C=O) groups is 1. The van der Waals surface area contributed by atoms with E-state index in [9.17, 15) is 18.0 Å². The van der Waals surface area contributed by atoms with Crippen molar-refractivity contribution in [2.45, 2.75) is 25.3 Å². The van der Waals surface area contributed by atoms with E-state index >= 15 is 0 Å². The molecule has 158 valence electrons. The lowest BCUT2D eigenvalue weighted by atomic mass is 10.1. The average Bonchev–Trinajstić information content (AvgIpc) is 2.67. The van der Waals surface area contributed by atoms with E-state index in [0.717, 1.165) is 5.56 Å². The predicted molar refractivity (Wildman–Crippen MR) is 97.3 cm³/mol. The third-order valence-corrected chi connectivity index (χ3v) is 3.79. The molecule has 0 unspecified atom stereocenters. The number of benzene rings is 2. The van der Waals surface area contributed by atoms with E-state index in [1.165, 1.54) is 31.4 Å². The van der Waals surface area contributed by atoms with Crippen LogP contribution in [0.4, 0.5) is 13.2 Å². The van der Waals surface area contributed by atoms with Gasteiger partial charge in [0, 0.05) is 20.0 Å². The number of halogens is 3. The van der Waals surface area contributed by atoms with E-state index in [1.807, 2.05) is 0 Å². The quantitative estimate of drug-likeness (QED) is 0.559. The number of carboxylic acid groups (broad SMARTS) is 1. The smallest absolute Gasteiger partial charge is 0.493 e. The van der Waals surface area contributed by atoms with Crippen LogP contribution in [0.2, 0.25) is 0 Å². The lowest BCUT2D eigenvalue weighted by molar-refractivity contribution is -0.274. The molecule has 0 amide bonds. The molecule has 0 radical (unpaired) electrons. The van der Waals surface area contributed by atoms with E-state index < -0.39 is 18.4 Å². The van der Waals surface area contributed by atoms with Gasteiger partial charge in [-0.05, 0) is 42.0 Å². The van der Waals surface area contributed by atoms with Crippen LogP contribution < -0.4 is 14.2 Å². The van der Waals surface area contributed by atoms with Crippen molar-refractivity contribution in [2.75, 3.05) is 20.3 Å². The van der Waals surface area contributed by atoms with Crippen molar-refractivity contribution in [3.63, 3.8) is 0 Å². The Balaban J connectivity index is 1.68. The number of hydrogen-bond acceptors (Lipinski definition) is 5. The fourth-order valence-electron chi connectivity index (χ4n) is 2.38. The molecule has 1 N–H and O–H groups in total. The Labute approximate surface area is 165 Å². The normalized spacial score (nSPS) is 12.3. The number of rotatable bonds is 11. The first-order valence-electron chi connectivity index (χ1n) is 8.73. The van der Waals surface area contributed by atoms with Crippen LogP contribution in [0.25, 0.3) is 0 Å². The Hall–Kier alpha value is -2.94. The second-order valence-corrected chi connectivity index (χ2v) is 5.98. The topological polar surface area (TPSA) is 74.2 Å². The Morgan fingerprint density at radius 3 is 1.86 bits per heavy atom. The minimum atomic E-state index is -4.72. The molecule has 29 heavy (non-hydrogen) atoms. The van der Waals surface area contributed by atoms with Crippen LogP contribution in [0, 0.1) is 0 Å². The minimum Gasteiger partial charge on any atom is -0.493 e. The largest absolute Gasteiger partial charge is 0.573 e. The summed E-state index contributed by atoms with van der Waals surface area (Å²) >= 11 is 0. The van der Waals surface area contributed by atoms with Gasteiger partial charge in [-0.25, -0.2) is 4.79 Å². The summed E-state index contributed by atoms with van der Waals surface area (Å²) in [6.45, 7) is 0.704. The summed E-state index contributed by atoms with van der Waals surface area (Å²) < 4.78 is 56.0. The SMILES string of the molecule is CO[C@@H](Cc1ccc(OCCCOc2ccc(OC(F)(F)F)cc2)cc1)C(=O)O. The first kappa shape index (κ1) is 22.4. The molecule has 0 saturated carbocycles. The van der Waals surface area contributed by atoms with E-state index in [1.54, 1.807) is 24.3 Å². The number of ether oxygens (including phenoxy) is 4. The Kier molecular flexibility index (Phi) is 8.14. The summed E-state index contributed by atoms with van der Waals surface area (Å²) in [6.07, 6.45) is -4.80. The molecule has 0 aliphatic carbocycles. The molecule has 0 heterocycles. The number of carboxylic acids is 1. The summed E-state index contributed by atoms with van der Waals surface area (Å²) in [5.41, 5.74) is 0.813. The third kappa shape index (κ3) is 8.30. The lowest BCUT2D eigenvalue weighted by Gasteiger charge is -2.12. The summed E-state index contributed by atoms with van der Waals surface area (Å²) in [5.74, 6) is -0.270. The molecule has 0 aliphatic heterocycles. The maximum absolute atomic E-state index is 12.1. The third-order valence-electron chi connectivity index (χ3n) is 3.79. The lowest BCUT2D eigenvalue weighted by Crippen LogP contribution is -2.24. The second kappa shape index (κ2) is 10.6. The zero-order valence-corrected chi connectivity index (χ0v) is 15.6. The summed E-state index contributed by atoms with van der Waals surface area (Å²) in [6, 6.07) is 12.2. The van der Waals surface area contributed by atoms with Gasteiger partial charge in [-0.3, -0.25) is 0 Å². The molecule has 0 fully saturated rings. The van der Waals surface area contributed by atoms with Gasteiger partial charge in [0.15, 0.2) is 6.10 Å². The molecule has 0 aliphatic rings. The standard InChI is InChI=1S/C20H21F3O6/c1-26-18(19(24)25)13-14-3-5-15(6-4-14)27-11-2-12-28-16-7-9-17(10-8-16)29-20(21,22)23/h3-10,18H,2,11-13H2,1H3,(H,24,25)/t18-/m0/s1. The van der Waals surface area contributed by atoms with Crippen molar-refractivity contribution in [3.05, 3.63) is 54.1 Å². The van der Waals surface area contributed by atoms with Crippen LogP contribution in [0.3, 0.4) is 0 Å². The molecular weight excluding hydrogens is 393 g/mol.